The molecular weight excluding hydrogens is 228 g/mol. The van der Waals surface area contributed by atoms with Crippen LogP contribution in [0.4, 0.5) is 10.5 Å². The summed E-state index contributed by atoms with van der Waals surface area (Å²) in [5, 5.41) is 6.22. The number of nitrogens with zero attached hydrogens (tertiary/aromatic N) is 1. The molecule has 1 amide bonds. The molecular formula is C11H13ClN2O2. The van der Waals surface area contributed by atoms with Gasteiger partial charge in [-0.25, -0.2) is 4.79 Å². The van der Waals surface area contributed by atoms with Crippen LogP contribution in [0.25, 0.3) is 0 Å². The Morgan fingerprint density at radius 2 is 2.31 bits per heavy atom. The highest BCUT2D eigenvalue weighted by molar-refractivity contribution is 6.65. The van der Waals surface area contributed by atoms with E-state index in [2.05, 4.69) is 15.3 Å². The second kappa shape index (κ2) is 6.12. The summed E-state index contributed by atoms with van der Waals surface area (Å²) < 4.78 is 0. The lowest BCUT2D eigenvalue weighted by Gasteiger charge is -2.03. The van der Waals surface area contributed by atoms with Crippen molar-refractivity contribution in [2.75, 3.05) is 5.32 Å². The van der Waals surface area contributed by atoms with Gasteiger partial charge in [0, 0.05) is 12.1 Å². The highest BCUT2D eigenvalue weighted by atomic mass is 35.5. The highest BCUT2D eigenvalue weighted by Crippen LogP contribution is 2.09. The number of anilines is 1. The van der Waals surface area contributed by atoms with E-state index in [9.17, 15) is 4.79 Å². The van der Waals surface area contributed by atoms with Crippen LogP contribution < -0.4 is 5.32 Å². The molecule has 0 bridgehead atoms. The number of oxime groups is 1. The van der Waals surface area contributed by atoms with Gasteiger partial charge in [-0.15, -0.1) is 0 Å². The fraction of sp³-hybridized carbons (Fsp3) is 0.273. The minimum atomic E-state index is -0.655. The van der Waals surface area contributed by atoms with Crippen LogP contribution in [0.15, 0.2) is 29.4 Å². The average molecular weight is 241 g/mol. The largest absolute Gasteiger partial charge is 0.437 e. The number of benzene rings is 1. The lowest BCUT2D eigenvalue weighted by molar-refractivity contribution is 0.166. The minimum absolute atomic E-state index is 0.249. The Labute approximate surface area is 99.2 Å². The molecule has 0 aliphatic carbocycles. The van der Waals surface area contributed by atoms with Gasteiger partial charge in [-0.2, -0.15) is 0 Å². The molecule has 1 aromatic rings. The molecule has 0 heterocycles. The summed E-state index contributed by atoms with van der Waals surface area (Å²) in [5.41, 5.74) is 1.71. The monoisotopic (exact) mass is 240 g/mol. The van der Waals surface area contributed by atoms with Crippen LogP contribution in [0, 0.1) is 6.92 Å². The van der Waals surface area contributed by atoms with E-state index in [1.165, 1.54) is 0 Å². The van der Waals surface area contributed by atoms with Gasteiger partial charge >= 0.3 is 6.09 Å². The second-order valence-electron chi connectivity index (χ2n) is 3.19. The number of aryl methyl sites for hydroxylation is 1. The van der Waals surface area contributed by atoms with Crippen LogP contribution in [0.2, 0.25) is 0 Å². The fourth-order valence-electron chi connectivity index (χ4n) is 1.02. The molecule has 0 aromatic heterocycles. The number of rotatable bonds is 3. The van der Waals surface area contributed by atoms with E-state index >= 15 is 0 Å². The van der Waals surface area contributed by atoms with Crippen molar-refractivity contribution in [1.29, 1.82) is 0 Å². The van der Waals surface area contributed by atoms with Gasteiger partial charge in [0.1, 0.15) is 5.17 Å². The maximum Gasteiger partial charge on any atom is 0.437 e. The molecule has 0 saturated carbocycles. The molecule has 0 saturated heterocycles. The summed E-state index contributed by atoms with van der Waals surface area (Å²) in [7, 11) is 0. The van der Waals surface area contributed by atoms with Crippen molar-refractivity contribution >= 4 is 28.6 Å². The number of carbonyl (C=O) groups excluding carboxylic acids is 1. The van der Waals surface area contributed by atoms with E-state index < -0.39 is 6.09 Å². The first-order valence-corrected chi connectivity index (χ1v) is 5.26. The van der Waals surface area contributed by atoms with E-state index in [1.54, 1.807) is 6.07 Å². The fourth-order valence-corrected chi connectivity index (χ4v) is 1.05. The molecule has 86 valence electrons. The quantitative estimate of drug-likeness (QED) is 0.499. The summed E-state index contributed by atoms with van der Waals surface area (Å²) in [6, 6.07) is 7.36. The Balaban J connectivity index is 2.52. The smallest absolute Gasteiger partial charge is 0.297 e. The number of hydrogen-bond donors (Lipinski definition) is 1. The zero-order valence-corrected chi connectivity index (χ0v) is 9.91. The van der Waals surface area contributed by atoms with Crippen molar-refractivity contribution < 1.29 is 9.63 Å². The molecule has 0 aliphatic heterocycles. The van der Waals surface area contributed by atoms with Crippen LogP contribution in [0.5, 0.6) is 0 Å². The first-order valence-electron chi connectivity index (χ1n) is 4.89. The lowest BCUT2D eigenvalue weighted by Crippen LogP contribution is -2.11. The van der Waals surface area contributed by atoms with Gasteiger partial charge in [-0.05, 0) is 24.6 Å². The van der Waals surface area contributed by atoms with Crippen LogP contribution >= 0.6 is 11.6 Å². The van der Waals surface area contributed by atoms with E-state index in [1.807, 2.05) is 32.0 Å². The first kappa shape index (κ1) is 12.5. The van der Waals surface area contributed by atoms with Crippen molar-refractivity contribution in [3.05, 3.63) is 29.8 Å². The first-order chi connectivity index (χ1) is 7.61. The van der Waals surface area contributed by atoms with Gasteiger partial charge in [0.05, 0.1) is 0 Å². The number of nitrogens with one attached hydrogen (secondary N) is 1. The zero-order chi connectivity index (χ0) is 12.0. The molecule has 0 fully saturated rings. The lowest BCUT2D eigenvalue weighted by atomic mass is 10.2. The van der Waals surface area contributed by atoms with Gasteiger partial charge in [0.15, 0.2) is 0 Å². The Morgan fingerprint density at radius 3 is 2.94 bits per heavy atom. The van der Waals surface area contributed by atoms with Gasteiger partial charge < -0.3 is 0 Å². The zero-order valence-electron chi connectivity index (χ0n) is 9.16. The summed E-state index contributed by atoms with van der Waals surface area (Å²) in [4.78, 5) is 15.8. The summed E-state index contributed by atoms with van der Waals surface area (Å²) in [6.45, 7) is 3.75. The number of halogens is 1. The van der Waals surface area contributed by atoms with Gasteiger partial charge in [-0.3, -0.25) is 10.2 Å². The van der Waals surface area contributed by atoms with Crippen LogP contribution in [0.1, 0.15) is 18.9 Å². The normalized spacial score (nSPS) is 11.1. The second-order valence-corrected chi connectivity index (χ2v) is 3.63. The van der Waals surface area contributed by atoms with Crippen LogP contribution in [-0.2, 0) is 4.84 Å². The summed E-state index contributed by atoms with van der Waals surface area (Å²) in [6.07, 6.45) is -0.128. The Morgan fingerprint density at radius 1 is 1.56 bits per heavy atom. The number of hydrogen-bond acceptors (Lipinski definition) is 3. The van der Waals surface area contributed by atoms with Crippen LogP contribution in [-0.4, -0.2) is 11.3 Å². The maximum atomic E-state index is 11.2. The van der Waals surface area contributed by atoms with Crippen molar-refractivity contribution in [3.63, 3.8) is 0 Å². The molecule has 16 heavy (non-hydrogen) atoms. The standard InChI is InChI=1S/C11H13ClN2O2/c1-3-10(12)14-16-11(15)13-9-6-4-5-8(2)7-9/h4-7H,3H2,1-2H3,(H,13,15)/b14-10-. The SMILES string of the molecule is CC/C(Cl)=N/OC(=O)Nc1cccc(C)c1. The Kier molecular flexibility index (Phi) is 4.79. The van der Waals surface area contributed by atoms with E-state index in [4.69, 9.17) is 11.6 Å². The third-order valence-electron chi connectivity index (χ3n) is 1.78. The van der Waals surface area contributed by atoms with Crippen molar-refractivity contribution in [3.8, 4) is 0 Å². The average Bonchev–Trinajstić information content (AvgIpc) is 2.26. The molecule has 1 aromatic carbocycles. The molecule has 1 N–H and O–H groups in total. The maximum absolute atomic E-state index is 11.2. The molecule has 0 atom stereocenters. The Hall–Kier alpha value is -1.55. The van der Waals surface area contributed by atoms with Crippen molar-refractivity contribution in [1.82, 2.24) is 0 Å². The molecule has 4 nitrogen and oxygen atoms in total. The highest BCUT2D eigenvalue weighted by Gasteiger charge is 2.03. The van der Waals surface area contributed by atoms with Crippen molar-refractivity contribution in [2.24, 2.45) is 5.16 Å². The number of carbonyl (C=O) groups is 1. The van der Waals surface area contributed by atoms with E-state index in [-0.39, 0.29) is 5.17 Å². The van der Waals surface area contributed by atoms with Gasteiger partial charge in [0.2, 0.25) is 0 Å². The third-order valence-corrected chi connectivity index (χ3v) is 2.12. The molecule has 0 spiro atoms. The summed E-state index contributed by atoms with van der Waals surface area (Å²) in [5.74, 6) is 0. The molecule has 0 unspecified atom stereocenters. The predicted octanol–water partition coefficient (Wildman–Crippen LogP) is 3.51. The topological polar surface area (TPSA) is 50.7 Å². The molecule has 0 aliphatic rings. The predicted molar refractivity (Wildman–Crippen MR) is 64.9 cm³/mol. The Bertz CT molecular complexity index is 405. The van der Waals surface area contributed by atoms with E-state index in [0.717, 1.165) is 5.56 Å². The van der Waals surface area contributed by atoms with Gasteiger partial charge in [-0.1, -0.05) is 35.8 Å². The van der Waals surface area contributed by atoms with Crippen molar-refractivity contribution in [2.45, 2.75) is 20.3 Å². The molecule has 5 heteroatoms. The summed E-state index contributed by atoms with van der Waals surface area (Å²) >= 11 is 5.58. The molecule has 0 radical (unpaired) electrons. The molecule has 1 rings (SSSR count). The van der Waals surface area contributed by atoms with Gasteiger partial charge in [0.25, 0.3) is 0 Å². The van der Waals surface area contributed by atoms with E-state index in [0.29, 0.717) is 12.1 Å². The third kappa shape index (κ3) is 4.31. The minimum Gasteiger partial charge on any atom is -0.297 e. The van der Waals surface area contributed by atoms with Crippen LogP contribution in [0.3, 0.4) is 0 Å². The number of amides is 1.